The van der Waals surface area contributed by atoms with Gasteiger partial charge in [-0.1, -0.05) is 30.0 Å². The number of likely N-dealkylation sites (tertiary alicyclic amines) is 1. The van der Waals surface area contributed by atoms with Gasteiger partial charge in [0.15, 0.2) is 0 Å². The van der Waals surface area contributed by atoms with Gasteiger partial charge in [-0.05, 0) is 30.9 Å². The van der Waals surface area contributed by atoms with E-state index in [1.54, 1.807) is 0 Å². The molecule has 17 heteroatoms. The predicted molar refractivity (Wildman–Crippen MR) is 166 cm³/mol. The highest BCUT2D eigenvalue weighted by atomic mass is 32.2. The van der Waals surface area contributed by atoms with Crippen LogP contribution >= 0.6 is 23.1 Å². The quantitative estimate of drug-likeness (QED) is 0.0842. The summed E-state index contributed by atoms with van der Waals surface area (Å²) < 4.78 is 14.3. The molecule has 3 aliphatic rings. The van der Waals surface area contributed by atoms with Crippen LogP contribution in [0.15, 0.2) is 47.5 Å². The number of ether oxygens (including phenoxy) is 2. The van der Waals surface area contributed by atoms with E-state index in [1.807, 2.05) is 34.7 Å². The van der Waals surface area contributed by atoms with Crippen LogP contribution in [0.5, 0.6) is 0 Å². The second-order valence-electron chi connectivity index (χ2n) is 11.7. The van der Waals surface area contributed by atoms with Gasteiger partial charge in [0, 0.05) is 30.0 Å². The minimum absolute atomic E-state index is 0.0629. The summed E-state index contributed by atoms with van der Waals surface area (Å²) in [6.45, 7) is 3.41. The van der Waals surface area contributed by atoms with Gasteiger partial charge in [0.25, 0.3) is 12.0 Å². The van der Waals surface area contributed by atoms with Crippen LogP contribution in [-0.2, 0) is 30.5 Å². The van der Waals surface area contributed by atoms with Gasteiger partial charge < -0.3 is 24.6 Å². The number of aliphatic carboxylic acids is 1. The maximum absolute atomic E-state index is 13.2. The number of hydrogen-bond acceptors (Lipinski definition) is 11. The maximum Gasteiger partial charge on any atom is 0.411 e. The number of imidazole rings is 1. The Morgan fingerprint density at radius 1 is 1.26 bits per heavy atom. The number of aromatic nitrogens is 2. The summed E-state index contributed by atoms with van der Waals surface area (Å²) in [6, 6.07) is 3.95. The number of aliphatic hydroxyl groups excluding tert-OH is 1. The first-order valence-corrected chi connectivity index (χ1v) is 16.7. The summed E-state index contributed by atoms with van der Waals surface area (Å²) in [6.07, 6.45) is 4.18. The maximum atomic E-state index is 13.2. The number of carboxylic acid groups (broad SMARTS) is 1. The van der Waals surface area contributed by atoms with Crippen molar-refractivity contribution in [3.63, 3.8) is 0 Å². The molecular formula is C30H32N5O10S2+. The Kier molecular flexibility index (Phi) is 8.48. The van der Waals surface area contributed by atoms with E-state index in [0.717, 1.165) is 9.86 Å². The number of nitrogens with zero attached hydrogens (tertiary/aromatic N) is 5. The zero-order chi connectivity index (χ0) is 33.9. The summed E-state index contributed by atoms with van der Waals surface area (Å²) in [5, 5.41) is 32.1. The fraction of sp³-hybridized carbons (Fsp3) is 0.433. The van der Waals surface area contributed by atoms with Crippen molar-refractivity contribution in [2.45, 2.75) is 56.1 Å². The molecule has 0 radical (unpaired) electrons. The lowest BCUT2D eigenvalue weighted by Crippen LogP contribution is -2.63. The van der Waals surface area contributed by atoms with E-state index in [4.69, 9.17) is 9.47 Å². The molecule has 1 aromatic carbocycles. The Bertz CT molecular complexity index is 1830. The van der Waals surface area contributed by atoms with Crippen LogP contribution in [0.3, 0.4) is 0 Å². The molecule has 2 fully saturated rings. The number of non-ortho nitro benzene ring substituents is 1. The number of hydrogen-bond donors (Lipinski definition) is 2. The van der Waals surface area contributed by atoms with Crippen molar-refractivity contribution in [2.24, 2.45) is 11.8 Å². The number of carbonyl (C=O) groups excluding carboxylic acids is 3. The van der Waals surface area contributed by atoms with Crippen molar-refractivity contribution in [1.29, 1.82) is 0 Å². The third-order valence-corrected chi connectivity index (χ3v) is 11.1. The van der Waals surface area contributed by atoms with Crippen LogP contribution in [0.2, 0.25) is 0 Å². The van der Waals surface area contributed by atoms with Gasteiger partial charge in [-0.2, -0.15) is 4.40 Å². The summed E-state index contributed by atoms with van der Waals surface area (Å²) >= 11 is 2.84. The van der Waals surface area contributed by atoms with E-state index in [2.05, 4.69) is 0 Å². The predicted octanol–water partition coefficient (Wildman–Crippen LogP) is 2.70. The third kappa shape index (κ3) is 5.31. The first kappa shape index (κ1) is 32.5. The van der Waals surface area contributed by atoms with Crippen LogP contribution in [0.4, 0.5) is 10.5 Å². The Hall–Kier alpha value is -4.48. The minimum atomic E-state index is -1.20. The molecule has 2 amide bonds. The van der Waals surface area contributed by atoms with E-state index in [0.29, 0.717) is 16.0 Å². The highest BCUT2D eigenvalue weighted by molar-refractivity contribution is 7.98. The van der Waals surface area contributed by atoms with Gasteiger partial charge in [0.05, 0.1) is 41.5 Å². The molecule has 5 heterocycles. The summed E-state index contributed by atoms with van der Waals surface area (Å²) in [7, 11) is 1.25. The number of methoxy groups -OCH3 is 1. The third-order valence-electron chi connectivity index (χ3n) is 9.09. The van der Waals surface area contributed by atoms with Crippen molar-refractivity contribution in [2.75, 3.05) is 19.9 Å². The largest absolute Gasteiger partial charge is 0.477 e. The van der Waals surface area contributed by atoms with Crippen LogP contribution in [0.25, 0.3) is 10.4 Å². The van der Waals surface area contributed by atoms with Crippen LogP contribution in [0, 0.1) is 22.0 Å². The average molecular weight is 687 g/mol. The highest BCUT2D eigenvalue weighted by Crippen LogP contribution is 2.51. The number of rotatable bonds is 9. The lowest BCUT2D eigenvalue weighted by molar-refractivity contribution is -0.751. The molecule has 6 atom stereocenters. The first-order valence-electron chi connectivity index (χ1n) is 14.7. The second-order valence-corrected chi connectivity index (χ2v) is 13.5. The number of nitro benzene ring substituents is 1. The number of β-lactam (4-membered cyclic amide) rings is 1. The van der Waals surface area contributed by atoms with Gasteiger partial charge in [0.1, 0.15) is 30.6 Å². The zero-order valence-electron chi connectivity index (χ0n) is 25.8. The number of carboxylic acids is 1. The first-order chi connectivity index (χ1) is 22.4. The molecule has 0 unspecified atom stereocenters. The zero-order valence-corrected chi connectivity index (χ0v) is 27.4. The Labute approximate surface area is 276 Å². The number of carbonyl (C=O) groups is 4. The molecule has 0 aliphatic carbocycles. The van der Waals surface area contributed by atoms with E-state index in [1.165, 1.54) is 71.2 Å². The minimum Gasteiger partial charge on any atom is -0.477 e. The van der Waals surface area contributed by atoms with Crippen LogP contribution < -0.4 is 4.57 Å². The van der Waals surface area contributed by atoms with Crippen molar-refractivity contribution >= 4 is 63.1 Å². The Morgan fingerprint density at radius 3 is 2.55 bits per heavy atom. The number of benzene rings is 1. The molecule has 15 nitrogen and oxygen atoms in total. The number of nitro groups is 1. The topological polar surface area (TPSA) is 185 Å². The van der Waals surface area contributed by atoms with Gasteiger partial charge >= 0.3 is 18.0 Å². The number of thioether (sulfide) groups is 1. The fourth-order valence-electron chi connectivity index (χ4n) is 6.89. The number of thiazole rings is 1. The van der Waals surface area contributed by atoms with Crippen molar-refractivity contribution < 1.29 is 48.4 Å². The monoisotopic (exact) mass is 686 g/mol. The smallest absolute Gasteiger partial charge is 0.411 e. The Balaban J connectivity index is 1.26. The van der Waals surface area contributed by atoms with Gasteiger partial charge in [-0.3, -0.25) is 19.8 Å². The summed E-state index contributed by atoms with van der Waals surface area (Å²) in [5.41, 5.74) is 0.938. The average Bonchev–Trinajstić information content (AvgIpc) is 3.78. The van der Waals surface area contributed by atoms with Gasteiger partial charge in [-0.15, -0.1) is 0 Å². The molecule has 3 aromatic rings. The SMILES string of the molecule is COC(=O)[C@@H]1C[C@H]([n+]2cn3cc(C4=C(C(=O)O)N5C(=O)[C@H]([C@@H](C)O)[C@H]5[C@H]4C)sc3c2SC)CN1C(=O)OCc1ccc([N+](=O)[O-])cc1. The fourth-order valence-corrected chi connectivity index (χ4v) is 9.12. The molecule has 0 saturated carbocycles. The molecule has 0 spiro atoms. The molecular weight excluding hydrogens is 654 g/mol. The standard InChI is InChI=1S/C30H31N5O10S2/c1-14-21(24(28(38)39)34-23(14)22(15(2)36)25(34)37)20-11-31-13-33(27(46-4)26(31)47-20)18-9-19(29(40)44-3)32(10-18)30(41)45-12-16-5-7-17(8-6-16)35(42)43/h5-8,11,13-15,18-19,22-23,36H,9-10,12H2,1-4H3/p+1/t14-,15+,18-,19-,22+,23+/m0/s1. The van der Waals surface area contributed by atoms with Crippen molar-refractivity contribution in [3.05, 3.63) is 63.0 Å². The molecule has 3 aliphatic heterocycles. The number of fused-ring (bicyclic) bond motifs is 2. The lowest BCUT2D eigenvalue weighted by Gasteiger charge is -2.46. The molecule has 2 N–H and O–H groups in total. The Morgan fingerprint density at radius 2 is 1.96 bits per heavy atom. The van der Waals surface area contributed by atoms with Gasteiger partial charge in [-0.25, -0.2) is 19.0 Å². The summed E-state index contributed by atoms with van der Waals surface area (Å²) in [5.74, 6) is -3.17. The second kappa shape index (κ2) is 12.3. The van der Waals surface area contributed by atoms with Crippen molar-refractivity contribution in [3.8, 4) is 0 Å². The highest BCUT2D eigenvalue weighted by Gasteiger charge is 2.60. The molecule has 0 bridgehead atoms. The number of aliphatic hydroxyl groups is 1. The number of amides is 2. The molecule has 2 saturated heterocycles. The van der Waals surface area contributed by atoms with E-state index < -0.39 is 53.0 Å². The normalized spacial score (nSPS) is 24.4. The molecule has 47 heavy (non-hydrogen) atoms. The molecule has 248 valence electrons. The van der Waals surface area contributed by atoms with E-state index in [-0.39, 0.29) is 42.9 Å². The summed E-state index contributed by atoms with van der Waals surface area (Å²) in [4.78, 5) is 65.7. The van der Waals surface area contributed by atoms with E-state index >= 15 is 0 Å². The van der Waals surface area contributed by atoms with E-state index in [9.17, 15) is 39.5 Å². The number of esters is 1. The molecule has 2 aromatic heterocycles. The van der Waals surface area contributed by atoms with Gasteiger partial charge in [0.2, 0.25) is 15.8 Å². The molecule has 6 rings (SSSR count). The van der Waals surface area contributed by atoms with Crippen LogP contribution in [0.1, 0.15) is 36.8 Å². The van der Waals surface area contributed by atoms with Crippen LogP contribution in [-0.4, -0.2) is 91.4 Å². The van der Waals surface area contributed by atoms with Crippen molar-refractivity contribution in [1.82, 2.24) is 14.2 Å². The lowest BCUT2D eigenvalue weighted by atomic mass is 9.77.